The third-order valence-electron chi connectivity index (χ3n) is 4.42. The molecule has 0 aliphatic carbocycles. The maximum Gasteiger partial charge on any atom is 0.387 e. The van der Waals surface area contributed by atoms with E-state index in [-0.39, 0.29) is 36.3 Å². The summed E-state index contributed by atoms with van der Waals surface area (Å²) in [5.74, 6) is 1.92. The number of aliphatic imine (C=N–C) groups is 1. The number of ether oxygens (including phenoxy) is 2. The molecule has 0 bridgehead atoms. The molecule has 2 heterocycles. The Labute approximate surface area is 202 Å². The minimum atomic E-state index is -2.92. The van der Waals surface area contributed by atoms with E-state index in [1.807, 2.05) is 35.7 Å². The summed E-state index contributed by atoms with van der Waals surface area (Å²) in [6, 6.07) is 10.6. The van der Waals surface area contributed by atoms with Crippen molar-refractivity contribution in [3.63, 3.8) is 0 Å². The maximum atomic E-state index is 12.8. The smallest absolute Gasteiger partial charge is 0.387 e. The minimum Gasteiger partial charge on any atom is -0.493 e. The molecule has 11 heteroatoms. The maximum absolute atomic E-state index is 12.8. The highest BCUT2D eigenvalue weighted by Gasteiger charge is 2.12. The normalized spacial score (nSPS) is 11.3. The molecule has 1 aromatic carbocycles. The molecular weight excluding hydrogens is 533 g/mol. The van der Waals surface area contributed by atoms with E-state index in [9.17, 15) is 8.78 Å². The average Bonchev–Trinajstić information content (AvgIpc) is 3.18. The number of benzene rings is 1. The topological polar surface area (TPSA) is 85.1 Å². The van der Waals surface area contributed by atoms with Gasteiger partial charge >= 0.3 is 6.61 Å². The lowest BCUT2D eigenvalue weighted by Gasteiger charge is -2.15. The van der Waals surface area contributed by atoms with Gasteiger partial charge in [0.2, 0.25) is 0 Å². The van der Waals surface area contributed by atoms with Gasteiger partial charge in [0.05, 0.1) is 6.61 Å². The Bertz CT molecular complexity index is 1010. The van der Waals surface area contributed by atoms with Crippen molar-refractivity contribution < 1.29 is 18.3 Å². The summed E-state index contributed by atoms with van der Waals surface area (Å²) in [6.07, 6.45) is 3.37. The zero-order chi connectivity index (χ0) is 22.1. The van der Waals surface area contributed by atoms with Gasteiger partial charge in [0.25, 0.3) is 0 Å². The van der Waals surface area contributed by atoms with Crippen LogP contribution in [-0.4, -0.2) is 47.4 Å². The van der Waals surface area contributed by atoms with E-state index in [2.05, 4.69) is 30.6 Å². The highest BCUT2D eigenvalue weighted by Crippen LogP contribution is 2.26. The number of fused-ring (bicyclic) bond motifs is 1. The number of nitrogens with zero attached hydrogens (tertiary/aromatic N) is 4. The quantitative estimate of drug-likeness (QED) is 0.224. The van der Waals surface area contributed by atoms with Crippen molar-refractivity contribution >= 4 is 35.6 Å². The second-order valence-electron chi connectivity index (χ2n) is 6.64. The van der Waals surface area contributed by atoms with Crippen LogP contribution >= 0.6 is 24.0 Å². The van der Waals surface area contributed by atoms with Crippen molar-refractivity contribution in [1.29, 1.82) is 0 Å². The largest absolute Gasteiger partial charge is 0.493 e. The number of rotatable bonds is 10. The second-order valence-corrected chi connectivity index (χ2v) is 6.64. The van der Waals surface area contributed by atoms with Crippen LogP contribution in [0.2, 0.25) is 0 Å². The van der Waals surface area contributed by atoms with Gasteiger partial charge in [0, 0.05) is 44.4 Å². The first-order valence-corrected chi connectivity index (χ1v) is 10.0. The molecule has 2 N–H and O–H groups in total. The van der Waals surface area contributed by atoms with Gasteiger partial charge in [-0.05, 0) is 30.7 Å². The molecular formula is C21H27F2IN6O2. The Kier molecular flexibility index (Phi) is 10.4. The van der Waals surface area contributed by atoms with Gasteiger partial charge in [-0.2, -0.15) is 8.78 Å². The lowest BCUT2D eigenvalue weighted by Crippen LogP contribution is -2.38. The van der Waals surface area contributed by atoms with Crippen molar-refractivity contribution in [3.8, 4) is 11.5 Å². The van der Waals surface area contributed by atoms with E-state index in [1.54, 1.807) is 19.2 Å². The molecule has 3 rings (SSSR count). The molecule has 174 valence electrons. The van der Waals surface area contributed by atoms with Gasteiger partial charge in [-0.1, -0.05) is 13.0 Å². The third-order valence-corrected chi connectivity index (χ3v) is 4.42. The lowest BCUT2D eigenvalue weighted by atomic mass is 10.2. The molecule has 0 saturated carbocycles. The van der Waals surface area contributed by atoms with Crippen molar-refractivity contribution in [2.45, 2.75) is 32.9 Å². The Morgan fingerprint density at radius 3 is 2.78 bits per heavy atom. The van der Waals surface area contributed by atoms with Crippen LogP contribution < -0.4 is 20.1 Å². The van der Waals surface area contributed by atoms with Crippen molar-refractivity contribution in [2.24, 2.45) is 4.99 Å². The van der Waals surface area contributed by atoms with Gasteiger partial charge in [-0.25, -0.2) is 0 Å². The van der Waals surface area contributed by atoms with Crippen LogP contribution in [0.3, 0.4) is 0 Å². The number of halogens is 3. The Morgan fingerprint density at radius 2 is 2.03 bits per heavy atom. The van der Waals surface area contributed by atoms with E-state index >= 15 is 0 Å². The lowest BCUT2D eigenvalue weighted by molar-refractivity contribution is -0.0505. The van der Waals surface area contributed by atoms with Crippen LogP contribution in [-0.2, 0) is 13.0 Å². The summed E-state index contributed by atoms with van der Waals surface area (Å²) in [5.41, 5.74) is 1.36. The molecule has 0 aliphatic heterocycles. The molecule has 32 heavy (non-hydrogen) atoms. The molecule has 0 aliphatic rings. The van der Waals surface area contributed by atoms with Crippen molar-refractivity contribution in [3.05, 3.63) is 54.0 Å². The number of hydrogen-bond acceptors (Lipinski definition) is 5. The fourth-order valence-corrected chi connectivity index (χ4v) is 2.95. The fraction of sp³-hybridized carbons (Fsp3) is 0.381. The van der Waals surface area contributed by atoms with Gasteiger partial charge in [0.1, 0.15) is 17.3 Å². The Balaban J connectivity index is 0.00000363. The Hall–Kier alpha value is -2.70. The molecule has 8 nitrogen and oxygen atoms in total. The number of hydrogen-bond donors (Lipinski definition) is 2. The van der Waals surface area contributed by atoms with Crippen molar-refractivity contribution in [1.82, 2.24) is 25.2 Å². The molecule has 2 aromatic heterocycles. The first-order chi connectivity index (χ1) is 15.1. The van der Waals surface area contributed by atoms with Gasteiger partial charge in [-0.3, -0.25) is 9.39 Å². The number of aromatic nitrogens is 3. The summed E-state index contributed by atoms with van der Waals surface area (Å²) < 4.78 is 37.8. The third kappa shape index (κ3) is 7.18. The van der Waals surface area contributed by atoms with Gasteiger partial charge in [-0.15, -0.1) is 34.2 Å². The summed E-state index contributed by atoms with van der Waals surface area (Å²) in [4.78, 5) is 4.17. The van der Waals surface area contributed by atoms with Crippen molar-refractivity contribution in [2.75, 3.05) is 20.2 Å². The Morgan fingerprint density at radius 1 is 1.19 bits per heavy atom. The highest BCUT2D eigenvalue weighted by molar-refractivity contribution is 14.0. The van der Waals surface area contributed by atoms with Crippen LogP contribution in [0.4, 0.5) is 8.78 Å². The van der Waals surface area contributed by atoms with E-state index < -0.39 is 6.61 Å². The summed E-state index contributed by atoms with van der Waals surface area (Å²) >= 11 is 0. The number of nitrogens with one attached hydrogen (secondary N) is 2. The summed E-state index contributed by atoms with van der Waals surface area (Å²) in [5, 5.41) is 14.6. The first kappa shape index (κ1) is 25.6. The zero-order valence-electron chi connectivity index (χ0n) is 17.9. The second kappa shape index (κ2) is 13.0. The van der Waals surface area contributed by atoms with E-state index in [0.29, 0.717) is 36.8 Å². The van der Waals surface area contributed by atoms with Crippen LogP contribution in [0.15, 0.2) is 47.6 Å². The molecule has 0 unspecified atom stereocenters. The number of guanidine groups is 1. The van der Waals surface area contributed by atoms with Crippen LogP contribution in [0, 0.1) is 0 Å². The molecule has 0 saturated heterocycles. The standard InChI is InChI=1S/C21H26F2N6O2.HI/c1-3-12-30-16-8-7-15(17(13-16)31-20(22)23)14-26-21(24-2)25-10-9-19-28-27-18-6-4-5-11-29(18)19;/h4-8,11,13,20H,3,9-10,12,14H2,1-2H3,(H2,24,25,26);1H. The molecule has 3 aromatic rings. The first-order valence-electron chi connectivity index (χ1n) is 10.0. The van der Waals surface area contributed by atoms with Crippen LogP contribution in [0.1, 0.15) is 24.7 Å². The van der Waals surface area contributed by atoms with E-state index in [1.165, 1.54) is 6.07 Å². The molecule has 0 radical (unpaired) electrons. The predicted octanol–water partition coefficient (Wildman–Crippen LogP) is 3.65. The minimum absolute atomic E-state index is 0. The van der Waals surface area contributed by atoms with Crippen LogP contribution in [0.5, 0.6) is 11.5 Å². The number of pyridine rings is 1. The molecule has 0 spiro atoms. The average molecular weight is 560 g/mol. The monoisotopic (exact) mass is 560 g/mol. The molecule has 0 fully saturated rings. The number of alkyl halides is 2. The SMILES string of the molecule is CCCOc1ccc(CNC(=NC)NCCc2nnc3ccccn23)c(OC(F)F)c1.I. The van der Waals surface area contributed by atoms with E-state index in [4.69, 9.17) is 4.74 Å². The highest BCUT2D eigenvalue weighted by atomic mass is 127. The molecule has 0 atom stereocenters. The van der Waals surface area contributed by atoms with Crippen LogP contribution in [0.25, 0.3) is 5.65 Å². The van der Waals surface area contributed by atoms with E-state index in [0.717, 1.165) is 17.9 Å². The molecule has 0 amide bonds. The zero-order valence-corrected chi connectivity index (χ0v) is 20.3. The van der Waals surface area contributed by atoms with Gasteiger partial charge < -0.3 is 20.1 Å². The summed E-state index contributed by atoms with van der Waals surface area (Å²) in [6.45, 7) is 0.377. The summed E-state index contributed by atoms with van der Waals surface area (Å²) in [7, 11) is 1.64. The van der Waals surface area contributed by atoms with Gasteiger partial charge in [0.15, 0.2) is 11.6 Å². The predicted molar refractivity (Wildman–Crippen MR) is 129 cm³/mol. The fourth-order valence-electron chi connectivity index (χ4n) is 2.95.